The highest BCUT2D eigenvalue weighted by Gasteiger charge is 2.55. The molecule has 0 spiro atoms. The van der Waals surface area contributed by atoms with Crippen molar-refractivity contribution in [3.8, 4) is 0 Å². The molecule has 4 heteroatoms. The second-order valence-electron chi connectivity index (χ2n) is 7.52. The summed E-state index contributed by atoms with van der Waals surface area (Å²) in [4.78, 5) is 25.3. The van der Waals surface area contributed by atoms with Gasteiger partial charge in [0.1, 0.15) is 11.2 Å². The molecule has 2 fully saturated rings. The summed E-state index contributed by atoms with van der Waals surface area (Å²) in [5.41, 5.74) is 2.65. The van der Waals surface area contributed by atoms with Crippen LogP contribution in [-0.2, 0) is 16.0 Å². The average molecular weight is 346 g/mol. The third-order valence-electron chi connectivity index (χ3n) is 5.86. The van der Waals surface area contributed by atoms with Gasteiger partial charge in [-0.15, -0.1) is 0 Å². The van der Waals surface area contributed by atoms with Crippen molar-refractivity contribution >= 4 is 27.9 Å². The van der Waals surface area contributed by atoms with E-state index in [1.807, 2.05) is 30.3 Å². The van der Waals surface area contributed by atoms with Crippen LogP contribution < -0.4 is 5.43 Å². The Morgan fingerprint density at radius 2 is 1.88 bits per heavy atom. The maximum absolute atomic E-state index is 12.9. The Morgan fingerprint density at radius 3 is 2.77 bits per heavy atom. The number of fused-ring (bicyclic) bond motifs is 3. The number of carbonyl (C=O) groups excluding carboxylic acids is 1. The maximum Gasteiger partial charge on any atom is 0.313 e. The molecule has 1 saturated carbocycles. The van der Waals surface area contributed by atoms with E-state index in [4.69, 9.17) is 9.15 Å². The minimum Gasteiger partial charge on any atom is -0.465 e. The summed E-state index contributed by atoms with van der Waals surface area (Å²) in [6.07, 6.45) is 2.07. The molecule has 0 N–H and O–H groups in total. The van der Waals surface area contributed by atoms with Crippen molar-refractivity contribution in [2.75, 3.05) is 6.61 Å². The number of benzene rings is 2. The van der Waals surface area contributed by atoms with Crippen LogP contribution in [0.25, 0.3) is 21.9 Å². The Bertz CT molecular complexity index is 1140. The van der Waals surface area contributed by atoms with Crippen LogP contribution in [0.5, 0.6) is 0 Å². The highest BCUT2D eigenvalue weighted by molar-refractivity contribution is 5.90. The summed E-state index contributed by atoms with van der Waals surface area (Å²) >= 11 is 0. The van der Waals surface area contributed by atoms with Crippen LogP contribution in [0.4, 0.5) is 0 Å². The smallest absolute Gasteiger partial charge is 0.313 e. The molecule has 2 aliphatic rings. The minimum atomic E-state index is -0.526. The van der Waals surface area contributed by atoms with E-state index in [-0.39, 0.29) is 17.3 Å². The molecule has 5 rings (SSSR count). The summed E-state index contributed by atoms with van der Waals surface area (Å²) in [7, 11) is 0. The quantitative estimate of drug-likeness (QED) is 0.400. The molecule has 4 nitrogen and oxygen atoms in total. The van der Waals surface area contributed by atoms with Crippen LogP contribution in [0.1, 0.15) is 18.4 Å². The Balaban J connectivity index is 1.63. The first-order valence-electron chi connectivity index (χ1n) is 8.85. The standard InChI is InChI=1S/C22H18O4/c1-13-8-15-12-25-21(24)22(15,10-13)11-14-6-7-19-17(9-14)20(23)16-4-2-3-5-18(16)26-19/h2-7,9,15H,1,8,10-12H2. The van der Waals surface area contributed by atoms with Gasteiger partial charge in [0.25, 0.3) is 0 Å². The van der Waals surface area contributed by atoms with E-state index >= 15 is 0 Å². The van der Waals surface area contributed by atoms with Gasteiger partial charge in [-0.3, -0.25) is 9.59 Å². The molecule has 0 radical (unpaired) electrons. The number of hydrogen-bond donors (Lipinski definition) is 0. The summed E-state index contributed by atoms with van der Waals surface area (Å²) < 4.78 is 11.2. The van der Waals surface area contributed by atoms with Crippen molar-refractivity contribution in [1.29, 1.82) is 0 Å². The fraction of sp³-hybridized carbons (Fsp3) is 0.273. The number of hydrogen-bond acceptors (Lipinski definition) is 4. The molecule has 1 aliphatic heterocycles. The van der Waals surface area contributed by atoms with Crippen LogP contribution in [0, 0.1) is 11.3 Å². The summed E-state index contributed by atoms with van der Waals surface area (Å²) in [6.45, 7) is 4.55. The SMILES string of the molecule is C=C1CC2COC(=O)C2(Cc2ccc3oc4ccccc4c(=O)c3c2)C1. The summed E-state index contributed by atoms with van der Waals surface area (Å²) in [5, 5.41) is 1.13. The van der Waals surface area contributed by atoms with Crippen molar-refractivity contribution in [1.82, 2.24) is 0 Å². The third kappa shape index (κ3) is 2.08. The average Bonchev–Trinajstić information content (AvgIpc) is 3.10. The van der Waals surface area contributed by atoms with Gasteiger partial charge in [0.2, 0.25) is 5.43 Å². The van der Waals surface area contributed by atoms with E-state index in [0.29, 0.717) is 41.4 Å². The minimum absolute atomic E-state index is 0.0393. The van der Waals surface area contributed by atoms with E-state index < -0.39 is 5.41 Å². The van der Waals surface area contributed by atoms with Gasteiger partial charge in [-0.25, -0.2) is 0 Å². The fourth-order valence-electron chi connectivity index (χ4n) is 4.59. The normalized spacial score (nSPS) is 25.0. The van der Waals surface area contributed by atoms with Crippen molar-refractivity contribution in [3.05, 3.63) is 70.4 Å². The molecule has 2 heterocycles. The Labute approximate surface area is 150 Å². The lowest BCUT2D eigenvalue weighted by Gasteiger charge is -2.24. The fourth-order valence-corrected chi connectivity index (χ4v) is 4.59. The number of carbonyl (C=O) groups is 1. The lowest BCUT2D eigenvalue weighted by Crippen LogP contribution is -2.31. The van der Waals surface area contributed by atoms with Gasteiger partial charge in [0.05, 0.1) is 22.8 Å². The van der Waals surface area contributed by atoms with Crippen molar-refractivity contribution in [2.24, 2.45) is 11.3 Å². The van der Waals surface area contributed by atoms with Gasteiger partial charge >= 0.3 is 5.97 Å². The zero-order chi connectivity index (χ0) is 17.9. The van der Waals surface area contributed by atoms with Crippen LogP contribution in [-0.4, -0.2) is 12.6 Å². The van der Waals surface area contributed by atoms with Gasteiger partial charge in [-0.1, -0.05) is 30.4 Å². The molecular formula is C22H18O4. The topological polar surface area (TPSA) is 56.5 Å². The van der Waals surface area contributed by atoms with E-state index in [9.17, 15) is 9.59 Å². The number of rotatable bonds is 2. The van der Waals surface area contributed by atoms with Gasteiger partial charge < -0.3 is 9.15 Å². The van der Waals surface area contributed by atoms with Crippen LogP contribution in [0.3, 0.4) is 0 Å². The van der Waals surface area contributed by atoms with Gasteiger partial charge in [0.15, 0.2) is 0 Å². The maximum atomic E-state index is 12.9. The zero-order valence-corrected chi connectivity index (χ0v) is 14.3. The van der Waals surface area contributed by atoms with Gasteiger partial charge in [-0.05, 0) is 49.1 Å². The number of allylic oxidation sites excluding steroid dienone is 1. The predicted octanol–water partition coefficient (Wildman–Crippen LogP) is 4.00. The molecule has 3 aromatic rings. The second kappa shape index (κ2) is 5.31. The lowest BCUT2D eigenvalue weighted by molar-refractivity contribution is -0.146. The molecule has 2 aromatic carbocycles. The van der Waals surface area contributed by atoms with Gasteiger partial charge in [0, 0.05) is 5.92 Å². The molecule has 2 atom stereocenters. The van der Waals surface area contributed by atoms with E-state index in [1.54, 1.807) is 12.1 Å². The number of esters is 1. The number of para-hydroxylation sites is 1. The molecule has 26 heavy (non-hydrogen) atoms. The third-order valence-corrected chi connectivity index (χ3v) is 5.86. The highest BCUT2D eigenvalue weighted by atomic mass is 16.5. The lowest BCUT2D eigenvalue weighted by atomic mass is 9.75. The molecule has 130 valence electrons. The molecule has 1 saturated heterocycles. The number of ether oxygens (including phenoxy) is 1. The second-order valence-corrected chi connectivity index (χ2v) is 7.52. The largest absolute Gasteiger partial charge is 0.465 e. The van der Waals surface area contributed by atoms with Crippen LogP contribution in [0.2, 0.25) is 0 Å². The molecule has 1 aromatic heterocycles. The van der Waals surface area contributed by atoms with Crippen LogP contribution >= 0.6 is 0 Å². The van der Waals surface area contributed by atoms with E-state index in [0.717, 1.165) is 17.6 Å². The number of cyclic esters (lactones) is 1. The zero-order valence-electron chi connectivity index (χ0n) is 14.3. The summed E-state index contributed by atoms with van der Waals surface area (Å²) in [6, 6.07) is 12.9. The predicted molar refractivity (Wildman–Crippen MR) is 99.0 cm³/mol. The van der Waals surface area contributed by atoms with Crippen molar-refractivity contribution < 1.29 is 13.9 Å². The van der Waals surface area contributed by atoms with E-state index in [1.165, 1.54) is 0 Å². The summed E-state index contributed by atoms with van der Waals surface area (Å²) in [5.74, 6) is 0.0537. The first kappa shape index (κ1) is 15.4. The molecular weight excluding hydrogens is 328 g/mol. The van der Waals surface area contributed by atoms with Gasteiger partial charge in [-0.2, -0.15) is 0 Å². The van der Waals surface area contributed by atoms with E-state index in [2.05, 4.69) is 6.58 Å². The highest BCUT2D eigenvalue weighted by Crippen LogP contribution is 2.52. The monoisotopic (exact) mass is 346 g/mol. The Morgan fingerprint density at radius 1 is 1.08 bits per heavy atom. The van der Waals surface area contributed by atoms with Crippen LogP contribution in [0.15, 0.2) is 63.8 Å². The molecule has 2 unspecified atom stereocenters. The first-order chi connectivity index (χ1) is 12.6. The molecule has 0 bridgehead atoms. The molecule has 0 amide bonds. The molecule has 1 aliphatic carbocycles. The Kier molecular flexibility index (Phi) is 3.14. The Hall–Kier alpha value is -2.88. The van der Waals surface area contributed by atoms with Crippen molar-refractivity contribution in [3.63, 3.8) is 0 Å². The first-order valence-corrected chi connectivity index (χ1v) is 8.85. The van der Waals surface area contributed by atoms with Crippen molar-refractivity contribution in [2.45, 2.75) is 19.3 Å².